The highest BCUT2D eigenvalue weighted by Gasteiger charge is 2.22. The number of hydrogen-bond donors (Lipinski definition) is 0. The zero-order chi connectivity index (χ0) is 13.3. The van der Waals surface area contributed by atoms with Crippen LogP contribution in [0.4, 0.5) is 0 Å². The van der Waals surface area contributed by atoms with E-state index in [1.165, 1.54) is 12.1 Å². The van der Waals surface area contributed by atoms with E-state index in [0.29, 0.717) is 0 Å². The molecule has 0 aliphatic rings. The summed E-state index contributed by atoms with van der Waals surface area (Å²) >= 11 is 0. The van der Waals surface area contributed by atoms with Gasteiger partial charge in [-0.2, -0.15) is 4.98 Å². The third-order valence-corrected chi connectivity index (χ3v) is 3.09. The highest BCUT2D eigenvalue weighted by atomic mass is 35.7. The highest BCUT2D eigenvalue weighted by molar-refractivity contribution is 8.13. The van der Waals surface area contributed by atoms with Gasteiger partial charge in [-0.15, -0.1) is 0 Å². The Kier molecular flexibility index (Phi) is 3.27. The standard InChI is InChI=1S/C10H8ClNO5S/c1-2-16-9(13)6-4-3-5-7-8(6)17-10(12-7)18(11,14)15/h3-5H,2H2,1H3. The van der Waals surface area contributed by atoms with Gasteiger partial charge in [-0.05, 0) is 19.1 Å². The number of esters is 1. The van der Waals surface area contributed by atoms with Crippen molar-refractivity contribution in [2.75, 3.05) is 6.61 Å². The lowest BCUT2D eigenvalue weighted by Crippen LogP contribution is -2.04. The van der Waals surface area contributed by atoms with Crippen LogP contribution in [0, 0.1) is 0 Å². The number of nitrogens with zero attached hydrogens (tertiary/aromatic N) is 1. The number of hydrogen-bond acceptors (Lipinski definition) is 6. The summed E-state index contributed by atoms with van der Waals surface area (Å²) in [5.74, 6) is -0.613. The smallest absolute Gasteiger partial charge is 0.342 e. The SMILES string of the molecule is CCOC(=O)c1cccc2nc(S(=O)(=O)Cl)oc12. The van der Waals surface area contributed by atoms with E-state index in [9.17, 15) is 13.2 Å². The molecular formula is C10H8ClNO5S. The molecule has 0 amide bonds. The summed E-state index contributed by atoms with van der Waals surface area (Å²) < 4.78 is 32.0. The lowest BCUT2D eigenvalue weighted by atomic mass is 10.2. The molecule has 0 N–H and O–H groups in total. The molecule has 0 bridgehead atoms. The van der Waals surface area contributed by atoms with Crippen molar-refractivity contribution >= 4 is 36.8 Å². The molecule has 1 aromatic heterocycles. The second-order valence-electron chi connectivity index (χ2n) is 3.29. The molecule has 0 saturated heterocycles. The quantitative estimate of drug-likeness (QED) is 0.634. The van der Waals surface area contributed by atoms with Gasteiger partial charge >= 0.3 is 20.2 Å². The molecule has 0 aliphatic carbocycles. The predicted molar refractivity (Wildman–Crippen MR) is 63.0 cm³/mol. The van der Waals surface area contributed by atoms with Gasteiger partial charge in [0, 0.05) is 10.7 Å². The molecule has 0 saturated carbocycles. The van der Waals surface area contributed by atoms with Crippen LogP contribution >= 0.6 is 10.7 Å². The van der Waals surface area contributed by atoms with Gasteiger partial charge in [0.1, 0.15) is 11.1 Å². The van der Waals surface area contributed by atoms with Crippen LogP contribution in [-0.2, 0) is 13.8 Å². The van der Waals surface area contributed by atoms with E-state index in [4.69, 9.17) is 19.8 Å². The first-order valence-electron chi connectivity index (χ1n) is 4.95. The van der Waals surface area contributed by atoms with Crippen molar-refractivity contribution in [2.45, 2.75) is 12.1 Å². The Hall–Kier alpha value is -1.60. The molecular weight excluding hydrogens is 282 g/mol. The van der Waals surface area contributed by atoms with Gasteiger partial charge in [0.2, 0.25) is 0 Å². The number of halogens is 1. The first kappa shape index (κ1) is 12.8. The minimum absolute atomic E-state index is 0.0372. The number of oxazole rings is 1. The summed E-state index contributed by atoms with van der Waals surface area (Å²) in [4.78, 5) is 15.3. The number of benzene rings is 1. The third-order valence-electron chi connectivity index (χ3n) is 2.10. The molecule has 18 heavy (non-hydrogen) atoms. The fourth-order valence-electron chi connectivity index (χ4n) is 1.40. The average molecular weight is 290 g/mol. The Balaban J connectivity index is 2.63. The Bertz CT molecular complexity index is 706. The minimum Gasteiger partial charge on any atom is -0.462 e. The summed E-state index contributed by atoms with van der Waals surface area (Å²) in [5, 5.41) is -0.643. The average Bonchev–Trinajstić information content (AvgIpc) is 2.72. The zero-order valence-electron chi connectivity index (χ0n) is 9.21. The maximum absolute atomic E-state index is 11.6. The lowest BCUT2D eigenvalue weighted by molar-refractivity contribution is 0.0527. The summed E-state index contributed by atoms with van der Waals surface area (Å²) in [6.07, 6.45) is 0. The van der Waals surface area contributed by atoms with Crippen LogP contribution in [0.3, 0.4) is 0 Å². The van der Waals surface area contributed by atoms with Crippen molar-refractivity contribution in [1.82, 2.24) is 4.98 Å². The summed E-state index contributed by atoms with van der Waals surface area (Å²) in [7, 11) is 1.05. The van der Waals surface area contributed by atoms with Crippen LogP contribution in [0.25, 0.3) is 11.1 Å². The van der Waals surface area contributed by atoms with Gasteiger partial charge in [-0.3, -0.25) is 0 Å². The van der Waals surface area contributed by atoms with E-state index in [-0.39, 0.29) is 23.3 Å². The molecule has 0 unspecified atom stereocenters. The number of carbonyl (C=O) groups is 1. The van der Waals surface area contributed by atoms with Crippen LogP contribution in [0.2, 0.25) is 0 Å². The van der Waals surface area contributed by atoms with E-state index >= 15 is 0 Å². The maximum Gasteiger partial charge on any atom is 0.342 e. The monoisotopic (exact) mass is 289 g/mol. The summed E-state index contributed by atoms with van der Waals surface area (Å²) in [5.41, 5.74) is 0.364. The number of rotatable bonds is 3. The van der Waals surface area contributed by atoms with Gasteiger partial charge < -0.3 is 9.15 Å². The fraction of sp³-hybridized carbons (Fsp3) is 0.200. The number of aromatic nitrogens is 1. The van der Waals surface area contributed by atoms with Crippen molar-refractivity contribution in [2.24, 2.45) is 0 Å². The second kappa shape index (κ2) is 4.58. The van der Waals surface area contributed by atoms with Gasteiger partial charge in [0.25, 0.3) is 0 Å². The van der Waals surface area contributed by atoms with Crippen LogP contribution in [-0.4, -0.2) is 26.0 Å². The Morgan fingerprint density at radius 3 is 2.83 bits per heavy atom. The molecule has 6 nitrogen and oxygen atoms in total. The molecule has 2 aromatic rings. The van der Waals surface area contributed by atoms with Gasteiger partial charge in [0.05, 0.1) is 6.61 Å². The van der Waals surface area contributed by atoms with Crippen LogP contribution in [0.1, 0.15) is 17.3 Å². The van der Waals surface area contributed by atoms with E-state index in [1.807, 2.05) is 0 Å². The number of carbonyl (C=O) groups excluding carboxylic acids is 1. The topological polar surface area (TPSA) is 86.5 Å². The van der Waals surface area contributed by atoms with Crippen molar-refractivity contribution in [1.29, 1.82) is 0 Å². The van der Waals surface area contributed by atoms with E-state index in [0.717, 1.165) is 0 Å². The Morgan fingerprint density at radius 1 is 1.50 bits per heavy atom. The first-order chi connectivity index (χ1) is 8.43. The van der Waals surface area contributed by atoms with E-state index < -0.39 is 20.2 Å². The Labute approximate surface area is 107 Å². The highest BCUT2D eigenvalue weighted by Crippen LogP contribution is 2.24. The molecule has 96 valence electrons. The number of para-hydroxylation sites is 1. The maximum atomic E-state index is 11.6. The van der Waals surface area contributed by atoms with Gasteiger partial charge in [-0.25, -0.2) is 13.2 Å². The first-order valence-corrected chi connectivity index (χ1v) is 7.25. The van der Waals surface area contributed by atoms with Crippen LogP contribution in [0.15, 0.2) is 27.8 Å². The fourth-order valence-corrected chi connectivity index (χ4v) is 1.99. The molecule has 0 atom stereocenters. The molecule has 0 fully saturated rings. The second-order valence-corrected chi connectivity index (χ2v) is 5.74. The zero-order valence-corrected chi connectivity index (χ0v) is 10.8. The summed E-state index contributed by atoms with van der Waals surface area (Å²) in [6.45, 7) is 1.86. The Morgan fingerprint density at radius 2 is 2.22 bits per heavy atom. The van der Waals surface area contributed by atoms with Crippen molar-refractivity contribution in [3.05, 3.63) is 23.8 Å². The normalized spacial score (nSPS) is 11.7. The van der Waals surface area contributed by atoms with E-state index in [1.54, 1.807) is 13.0 Å². The van der Waals surface area contributed by atoms with E-state index in [2.05, 4.69) is 4.98 Å². The number of fused-ring (bicyclic) bond motifs is 1. The van der Waals surface area contributed by atoms with Crippen molar-refractivity contribution < 1.29 is 22.4 Å². The molecule has 1 aromatic carbocycles. The third kappa shape index (κ3) is 2.32. The molecule has 0 aliphatic heterocycles. The largest absolute Gasteiger partial charge is 0.462 e. The molecule has 0 radical (unpaired) electrons. The molecule has 1 heterocycles. The molecule has 0 spiro atoms. The van der Waals surface area contributed by atoms with Crippen LogP contribution < -0.4 is 0 Å². The minimum atomic E-state index is -4.08. The van der Waals surface area contributed by atoms with Crippen molar-refractivity contribution in [3.63, 3.8) is 0 Å². The predicted octanol–water partition coefficient (Wildman–Crippen LogP) is 1.93. The lowest BCUT2D eigenvalue weighted by Gasteiger charge is -2.00. The molecule has 2 rings (SSSR count). The van der Waals surface area contributed by atoms with Gasteiger partial charge in [-0.1, -0.05) is 6.07 Å². The van der Waals surface area contributed by atoms with Gasteiger partial charge in [0.15, 0.2) is 5.58 Å². The summed E-state index contributed by atoms with van der Waals surface area (Å²) in [6, 6.07) is 4.50. The van der Waals surface area contributed by atoms with Crippen LogP contribution in [0.5, 0.6) is 0 Å². The number of ether oxygens (including phenoxy) is 1. The van der Waals surface area contributed by atoms with Crippen molar-refractivity contribution in [3.8, 4) is 0 Å². The molecule has 8 heteroatoms.